The third kappa shape index (κ3) is 5.06. The van der Waals surface area contributed by atoms with Gasteiger partial charge in [0.2, 0.25) is 0 Å². The molecule has 1 aromatic heterocycles. The van der Waals surface area contributed by atoms with Gasteiger partial charge in [-0.25, -0.2) is 0 Å². The molecule has 1 saturated carbocycles. The molecule has 0 spiro atoms. The molecule has 2 N–H and O–H groups in total. The fraction of sp³-hybridized carbons (Fsp3) is 0.600. The van der Waals surface area contributed by atoms with Crippen LogP contribution in [0, 0.1) is 0 Å². The van der Waals surface area contributed by atoms with Crippen molar-refractivity contribution in [2.45, 2.75) is 18.8 Å². The molecule has 1 aliphatic carbocycles. The first kappa shape index (κ1) is 19.8. The summed E-state index contributed by atoms with van der Waals surface area (Å²) in [6.45, 7) is 6.45. The Hall–Kier alpha value is -1.96. The summed E-state index contributed by atoms with van der Waals surface area (Å²) in [7, 11) is 1.95. The number of aliphatic hydroxyl groups excluding tert-OH is 1. The molecule has 0 amide bonds. The van der Waals surface area contributed by atoms with Crippen LogP contribution in [0.2, 0.25) is 0 Å². The van der Waals surface area contributed by atoms with Crippen LogP contribution >= 0.6 is 0 Å². The largest absolute Gasteiger partial charge is 0.395 e. The van der Waals surface area contributed by atoms with Crippen LogP contribution < -0.4 is 5.32 Å². The number of piperazine rings is 1. The Morgan fingerprint density at radius 3 is 2.30 bits per heavy atom. The van der Waals surface area contributed by atoms with Gasteiger partial charge >= 0.3 is 0 Å². The number of aliphatic hydroxyl groups is 1. The highest BCUT2D eigenvalue weighted by Gasteiger charge is 2.32. The maximum Gasteiger partial charge on any atom is 0.168 e. The molecule has 7 heteroatoms. The van der Waals surface area contributed by atoms with Gasteiger partial charge in [-0.05, 0) is 12.1 Å². The Balaban J connectivity index is 1.44. The number of allylic oxidation sites excluding steroid dienone is 1. The lowest BCUT2D eigenvalue weighted by atomic mass is 9.82. The lowest BCUT2D eigenvalue weighted by Gasteiger charge is -2.34. The van der Waals surface area contributed by atoms with Crippen molar-refractivity contribution in [2.75, 3.05) is 52.4 Å². The van der Waals surface area contributed by atoms with E-state index >= 15 is 0 Å². The average molecular weight is 374 g/mol. The van der Waals surface area contributed by atoms with E-state index in [2.05, 4.69) is 15.1 Å². The van der Waals surface area contributed by atoms with E-state index < -0.39 is 0 Å². The van der Waals surface area contributed by atoms with Gasteiger partial charge in [0.1, 0.15) is 0 Å². The number of carbonyl (C=O) groups excluding carboxylic acids is 2. The molecule has 2 fully saturated rings. The van der Waals surface area contributed by atoms with E-state index in [4.69, 9.17) is 5.11 Å². The van der Waals surface area contributed by atoms with Gasteiger partial charge in [0.25, 0.3) is 0 Å². The number of hydrogen-bond acceptors (Lipinski definition) is 6. The van der Waals surface area contributed by atoms with E-state index in [9.17, 15) is 9.59 Å². The number of aryl methyl sites for hydroxylation is 1. The lowest BCUT2D eigenvalue weighted by Crippen LogP contribution is -2.48. The fourth-order valence-electron chi connectivity index (χ4n) is 3.94. The van der Waals surface area contributed by atoms with Gasteiger partial charge in [0.15, 0.2) is 11.6 Å². The monoisotopic (exact) mass is 374 g/mol. The molecule has 1 saturated heterocycles. The number of rotatable bonds is 7. The van der Waals surface area contributed by atoms with Crippen LogP contribution in [0.1, 0.15) is 24.5 Å². The second-order valence-electron chi connectivity index (χ2n) is 7.41. The van der Waals surface area contributed by atoms with Crippen LogP contribution in [0.15, 0.2) is 30.1 Å². The van der Waals surface area contributed by atoms with Crippen molar-refractivity contribution >= 4 is 11.6 Å². The highest BCUT2D eigenvalue weighted by Crippen LogP contribution is 2.31. The molecule has 0 aromatic carbocycles. The van der Waals surface area contributed by atoms with Crippen LogP contribution in [-0.2, 0) is 16.6 Å². The number of β-amino-alcohol motifs (C(OH)–C–C–N with tert-alkyl or cyclic N) is 1. The Bertz CT molecular complexity index is 669. The number of aromatic nitrogens is 1. The zero-order chi connectivity index (χ0) is 19.2. The maximum atomic E-state index is 12.4. The summed E-state index contributed by atoms with van der Waals surface area (Å²) >= 11 is 0. The molecule has 0 unspecified atom stereocenters. The van der Waals surface area contributed by atoms with Crippen LogP contribution in [0.4, 0.5) is 0 Å². The average Bonchev–Trinajstić information content (AvgIpc) is 3.08. The minimum absolute atomic E-state index is 0.0163. The maximum absolute atomic E-state index is 12.4. The summed E-state index contributed by atoms with van der Waals surface area (Å²) in [4.78, 5) is 29.5. The Morgan fingerprint density at radius 2 is 1.74 bits per heavy atom. The van der Waals surface area contributed by atoms with Gasteiger partial charge in [-0.2, -0.15) is 0 Å². The fourth-order valence-corrected chi connectivity index (χ4v) is 3.94. The van der Waals surface area contributed by atoms with Crippen LogP contribution in [-0.4, -0.2) is 83.5 Å². The second-order valence-corrected chi connectivity index (χ2v) is 7.41. The van der Waals surface area contributed by atoms with E-state index in [1.54, 1.807) is 6.20 Å². The standard InChI is InChI=1S/C20H30N4O3/c1-22-5-2-3-18(22)16-13-19(26)17(20(27)14-16)15-21-4-6-23-7-9-24(10-8-23)11-12-25/h2-3,5,15-16,21,25H,4,6-14H2,1H3. The Labute approximate surface area is 160 Å². The van der Waals surface area contributed by atoms with Gasteiger partial charge in [0, 0.05) is 89.7 Å². The molecule has 1 aromatic rings. The minimum atomic E-state index is -0.0671. The predicted octanol–water partition coefficient (Wildman–Crippen LogP) is 0.124. The van der Waals surface area contributed by atoms with E-state index in [0.29, 0.717) is 25.0 Å². The van der Waals surface area contributed by atoms with Crippen molar-refractivity contribution in [3.63, 3.8) is 0 Å². The van der Waals surface area contributed by atoms with Gasteiger partial charge in [-0.15, -0.1) is 0 Å². The topological polar surface area (TPSA) is 77.8 Å². The smallest absolute Gasteiger partial charge is 0.168 e. The molecule has 2 heterocycles. The third-order valence-corrected chi connectivity index (χ3v) is 5.57. The Morgan fingerprint density at radius 1 is 1.11 bits per heavy atom. The molecule has 0 bridgehead atoms. The predicted molar refractivity (Wildman–Crippen MR) is 103 cm³/mol. The van der Waals surface area contributed by atoms with Crippen molar-refractivity contribution in [3.05, 3.63) is 35.8 Å². The molecular formula is C20H30N4O3. The molecule has 7 nitrogen and oxygen atoms in total. The van der Waals surface area contributed by atoms with E-state index in [-0.39, 0.29) is 24.1 Å². The first-order valence-corrected chi connectivity index (χ1v) is 9.75. The minimum Gasteiger partial charge on any atom is -0.395 e. The van der Waals surface area contributed by atoms with E-state index in [1.165, 1.54) is 0 Å². The number of ketones is 2. The van der Waals surface area contributed by atoms with Crippen molar-refractivity contribution in [1.82, 2.24) is 19.7 Å². The van der Waals surface area contributed by atoms with Crippen LogP contribution in [0.25, 0.3) is 0 Å². The summed E-state index contributed by atoms with van der Waals surface area (Å²) < 4.78 is 1.98. The van der Waals surface area contributed by atoms with E-state index in [1.807, 2.05) is 29.9 Å². The van der Waals surface area contributed by atoms with Gasteiger partial charge < -0.3 is 15.0 Å². The van der Waals surface area contributed by atoms with Gasteiger partial charge in [0.05, 0.1) is 12.2 Å². The van der Waals surface area contributed by atoms with Crippen molar-refractivity contribution in [2.24, 2.45) is 7.05 Å². The summed E-state index contributed by atoms with van der Waals surface area (Å²) in [6.07, 6.45) is 4.35. The van der Waals surface area contributed by atoms with Crippen LogP contribution in [0.3, 0.4) is 0 Å². The zero-order valence-corrected chi connectivity index (χ0v) is 16.1. The summed E-state index contributed by atoms with van der Waals surface area (Å²) in [5.41, 5.74) is 1.36. The quantitative estimate of drug-likeness (QED) is 0.401. The van der Waals surface area contributed by atoms with Crippen molar-refractivity contribution < 1.29 is 14.7 Å². The number of carbonyl (C=O) groups is 2. The zero-order valence-electron chi connectivity index (χ0n) is 16.1. The SMILES string of the molecule is Cn1cccc1C1CC(=O)C(=CNCCN2CCN(CCO)CC2)C(=O)C1. The molecule has 148 valence electrons. The number of nitrogens with one attached hydrogen (secondary N) is 1. The van der Waals surface area contributed by atoms with Crippen molar-refractivity contribution in [1.29, 1.82) is 0 Å². The lowest BCUT2D eigenvalue weighted by molar-refractivity contribution is -0.124. The molecule has 1 aliphatic heterocycles. The summed E-state index contributed by atoms with van der Waals surface area (Å²) in [5.74, 6) is -0.150. The van der Waals surface area contributed by atoms with Crippen molar-refractivity contribution in [3.8, 4) is 0 Å². The highest BCUT2D eigenvalue weighted by molar-refractivity contribution is 6.22. The third-order valence-electron chi connectivity index (χ3n) is 5.57. The van der Waals surface area contributed by atoms with Gasteiger partial charge in [-0.1, -0.05) is 0 Å². The highest BCUT2D eigenvalue weighted by atomic mass is 16.3. The Kier molecular flexibility index (Phi) is 6.82. The molecule has 3 rings (SSSR count). The second kappa shape index (κ2) is 9.30. The first-order chi connectivity index (χ1) is 13.1. The molecular weight excluding hydrogens is 344 g/mol. The van der Waals surface area contributed by atoms with Crippen LogP contribution in [0.5, 0.6) is 0 Å². The van der Waals surface area contributed by atoms with Gasteiger partial charge in [-0.3, -0.25) is 19.4 Å². The summed E-state index contributed by atoms with van der Waals surface area (Å²) in [5, 5.41) is 12.1. The number of hydrogen-bond donors (Lipinski definition) is 2. The first-order valence-electron chi connectivity index (χ1n) is 9.75. The van der Waals surface area contributed by atoms with E-state index in [0.717, 1.165) is 45.0 Å². The molecule has 0 atom stereocenters. The normalized spacial score (nSPS) is 22.3. The molecule has 27 heavy (non-hydrogen) atoms. The molecule has 0 radical (unpaired) electrons. The number of nitrogens with zero attached hydrogens (tertiary/aromatic N) is 3. The summed E-state index contributed by atoms with van der Waals surface area (Å²) in [6, 6.07) is 3.93. The molecule has 2 aliphatic rings. The number of Topliss-reactive ketones (excluding diaryl/α,β-unsaturated/α-hetero) is 2.